The topological polar surface area (TPSA) is 12.0 Å². The first-order valence-corrected chi connectivity index (χ1v) is 7.86. The van der Waals surface area contributed by atoms with Crippen molar-refractivity contribution in [2.75, 3.05) is 5.75 Å². The maximum Gasteiger partial charge on any atom is 0.0546 e. The van der Waals surface area contributed by atoms with Crippen LogP contribution in [-0.2, 0) is 0 Å². The molecule has 1 aliphatic heterocycles. The summed E-state index contributed by atoms with van der Waals surface area (Å²) < 4.78 is 0. The van der Waals surface area contributed by atoms with Crippen molar-refractivity contribution < 1.29 is 0 Å². The van der Waals surface area contributed by atoms with Crippen molar-refractivity contribution in [3.63, 3.8) is 0 Å². The largest absolute Gasteiger partial charge is 0.307 e. The SMILES string of the molecule is Clc1ccc(Cl)c2c1SCCCC2NC1CC1. The second-order valence-electron chi connectivity index (χ2n) is 4.76. The Bertz CT molecular complexity index is 432. The zero-order valence-electron chi connectivity index (χ0n) is 9.51. The first kappa shape index (κ1) is 12.2. The molecule has 1 N–H and O–H groups in total. The Kier molecular flexibility index (Phi) is 3.58. The van der Waals surface area contributed by atoms with Gasteiger partial charge in [-0.1, -0.05) is 23.2 Å². The first-order valence-electron chi connectivity index (χ1n) is 6.12. The van der Waals surface area contributed by atoms with Crippen LogP contribution >= 0.6 is 35.0 Å². The van der Waals surface area contributed by atoms with Crippen LogP contribution in [0.4, 0.5) is 0 Å². The zero-order valence-corrected chi connectivity index (χ0v) is 11.8. The Morgan fingerprint density at radius 2 is 1.88 bits per heavy atom. The van der Waals surface area contributed by atoms with Gasteiger partial charge in [0, 0.05) is 27.6 Å². The van der Waals surface area contributed by atoms with E-state index >= 15 is 0 Å². The molecule has 1 aromatic carbocycles. The highest BCUT2D eigenvalue weighted by atomic mass is 35.5. The molecule has 1 fully saturated rings. The second kappa shape index (κ2) is 5.00. The molecule has 1 nitrogen and oxygen atoms in total. The Morgan fingerprint density at radius 3 is 2.65 bits per heavy atom. The zero-order chi connectivity index (χ0) is 11.8. The summed E-state index contributed by atoms with van der Waals surface area (Å²) in [6.45, 7) is 0. The van der Waals surface area contributed by atoms with Gasteiger partial charge in [-0.3, -0.25) is 0 Å². The highest BCUT2D eigenvalue weighted by Crippen LogP contribution is 2.43. The predicted octanol–water partition coefficient (Wildman–Crippen LogP) is 4.67. The van der Waals surface area contributed by atoms with E-state index in [9.17, 15) is 0 Å². The van der Waals surface area contributed by atoms with Crippen LogP contribution in [0.5, 0.6) is 0 Å². The number of thioether (sulfide) groups is 1. The molecule has 4 heteroatoms. The molecule has 1 atom stereocenters. The molecule has 0 radical (unpaired) electrons. The Hall–Kier alpha value is 0.110. The summed E-state index contributed by atoms with van der Waals surface area (Å²) in [4.78, 5) is 1.19. The molecular formula is C13H15Cl2NS. The fraction of sp³-hybridized carbons (Fsp3) is 0.538. The normalized spacial score (nSPS) is 24.2. The fourth-order valence-electron chi connectivity index (χ4n) is 2.33. The quantitative estimate of drug-likeness (QED) is 0.848. The van der Waals surface area contributed by atoms with Gasteiger partial charge in [0.05, 0.1) is 5.02 Å². The van der Waals surface area contributed by atoms with Crippen LogP contribution in [0.1, 0.15) is 37.3 Å². The molecule has 92 valence electrons. The molecule has 1 unspecified atom stereocenters. The van der Waals surface area contributed by atoms with E-state index < -0.39 is 0 Å². The third-order valence-electron chi connectivity index (χ3n) is 3.34. The standard InChI is InChI=1S/C13H15Cl2NS/c14-9-5-6-10(15)13-12(9)11(2-1-7-17-13)16-8-3-4-8/h5-6,8,11,16H,1-4,7H2. The molecular weight excluding hydrogens is 273 g/mol. The third kappa shape index (κ3) is 2.60. The van der Waals surface area contributed by atoms with E-state index in [0.717, 1.165) is 22.2 Å². The van der Waals surface area contributed by atoms with Crippen molar-refractivity contribution in [2.45, 2.75) is 42.7 Å². The molecule has 1 aliphatic carbocycles. The number of rotatable bonds is 2. The van der Waals surface area contributed by atoms with Gasteiger partial charge < -0.3 is 5.32 Å². The van der Waals surface area contributed by atoms with E-state index in [4.69, 9.17) is 23.2 Å². The summed E-state index contributed by atoms with van der Waals surface area (Å²) in [7, 11) is 0. The first-order chi connectivity index (χ1) is 8.25. The minimum absolute atomic E-state index is 0.388. The second-order valence-corrected chi connectivity index (χ2v) is 6.68. The van der Waals surface area contributed by atoms with Gasteiger partial charge in [-0.2, -0.15) is 0 Å². The molecule has 1 heterocycles. The van der Waals surface area contributed by atoms with E-state index in [1.165, 1.54) is 29.7 Å². The number of hydrogen-bond donors (Lipinski definition) is 1. The van der Waals surface area contributed by atoms with Gasteiger partial charge in [-0.25, -0.2) is 0 Å². The predicted molar refractivity (Wildman–Crippen MR) is 75.3 cm³/mol. The maximum atomic E-state index is 6.37. The summed E-state index contributed by atoms with van der Waals surface area (Å²) in [5.74, 6) is 1.13. The molecule has 1 saturated carbocycles. The molecule has 17 heavy (non-hydrogen) atoms. The van der Waals surface area contributed by atoms with Crippen molar-refractivity contribution in [2.24, 2.45) is 0 Å². The fourth-order valence-corrected chi connectivity index (χ4v) is 4.13. The van der Waals surface area contributed by atoms with E-state index in [2.05, 4.69) is 5.32 Å². The lowest BCUT2D eigenvalue weighted by Crippen LogP contribution is -2.23. The lowest BCUT2D eigenvalue weighted by atomic mass is 10.0. The van der Waals surface area contributed by atoms with Gasteiger partial charge in [-0.15, -0.1) is 11.8 Å². The Morgan fingerprint density at radius 1 is 1.12 bits per heavy atom. The van der Waals surface area contributed by atoms with Gasteiger partial charge >= 0.3 is 0 Å². The number of benzene rings is 1. The van der Waals surface area contributed by atoms with Crippen LogP contribution in [-0.4, -0.2) is 11.8 Å². The van der Waals surface area contributed by atoms with Crippen LogP contribution < -0.4 is 5.32 Å². The summed E-state index contributed by atoms with van der Waals surface area (Å²) in [6, 6.07) is 4.93. The summed E-state index contributed by atoms with van der Waals surface area (Å²) in [5.41, 5.74) is 1.23. The average Bonchev–Trinajstić information content (AvgIpc) is 3.12. The molecule has 3 rings (SSSR count). The minimum Gasteiger partial charge on any atom is -0.307 e. The highest BCUT2D eigenvalue weighted by molar-refractivity contribution is 7.99. The molecule has 0 amide bonds. The summed E-state index contributed by atoms with van der Waals surface area (Å²) in [5, 5.41) is 5.41. The van der Waals surface area contributed by atoms with Gasteiger partial charge in [0.2, 0.25) is 0 Å². The molecule has 0 spiro atoms. The molecule has 0 aromatic heterocycles. The van der Waals surface area contributed by atoms with E-state index in [1.807, 2.05) is 23.9 Å². The number of hydrogen-bond acceptors (Lipinski definition) is 2. The number of halogens is 2. The minimum atomic E-state index is 0.388. The molecule has 2 aliphatic rings. The monoisotopic (exact) mass is 287 g/mol. The van der Waals surface area contributed by atoms with Crippen LogP contribution in [0, 0.1) is 0 Å². The number of nitrogens with one attached hydrogen (secondary N) is 1. The smallest absolute Gasteiger partial charge is 0.0546 e. The lowest BCUT2D eigenvalue weighted by Gasteiger charge is -2.20. The Balaban J connectivity index is 1.99. The number of fused-ring (bicyclic) bond motifs is 1. The van der Waals surface area contributed by atoms with Crippen LogP contribution in [0.2, 0.25) is 10.0 Å². The van der Waals surface area contributed by atoms with Gasteiger partial charge in [-0.05, 0) is 43.6 Å². The van der Waals surface area contributed by atoms with E-state index in [1.54, 1.807) is 0 Å². The van der Waals surface area contributed by atoms with Crippen molar-refractivity contribution in [1.29, 1.82) is 0 Å². The van der Waals surface area contributed by atoms with Crippen LogP contribution in [0.15, 0.2) is 17.0 Å². The van der Waals surface area contributed by atoms with Gasteiger partial charge in [0.15, 0.2) is 0 Å². The third-order valence-corrected chi connectivity index (χ3v) is 5.32. The van der Waals surface area contributed by atoms with E-state index in [0.29, 0.717) is 12.1 Å². The lowest BCUT2D eigenvalue weighted by molar-refractivity contribution is 0.490. The van der Waals surface area contributed by atoms with Gasteiger partial charge in [0.25, 0.3) is 0 Å². The van der Waals surface area contributed by atoms with Crippen molar-refractivity contribution >= 4 is 35.0 Å². The Labute approximate surface area is 116 Å². The average molecular weight is 288 g/mol. The highest BCUT2D eigenvalue weighted by Gasteiger charge is 2.29. The summed E-state index contributed by atoms with van der Waals surface area (Å²) in [6.07, 6.45) is 4.99. The summed E-state index contributed by atoms with van der Waals surface area (Å²) >= 11 is 14.5. The van der Waals surface area contributed by atoms with E-state index in [-0.39, 0.29) is 0 Å². The van der Waals surface area contributed by atoms with Crippen molar-refractivity contribution in [1.82, 2.24) is 5.32 Å². The molecule has 0 saturated heterocycles. The van der Waals surface area contributed by atoms with Crippen LogP contribution in [0.25, 0.3) is 0 Å². The molecule has 1 aromatic rings. The molecule has 0 bridgehead atoms. The van der Waals surface area contributed by atoms with Crippen molar-refractivity contribution in [3.8, 4) is 0 Å². The van der Waals surface area contributed by atoms with Crippen LogP contribution in [0.3, 0.4) is 0 Å². The van der Waals surface area contributed by atoms with Gasteiger partial charge in [0.1, 0.15) is 0 Å². The maximum absolute atomic E-state index is 6.37. The van der Waals surface area contributed by atoms with Crippen molar-refractivity contribution in [3.05, 3.63) is 27.7 Å².